The summed E-state index contributed by atoms with van der Waals surface area (Å²) in [6.07, 6.45) is 9.39. The molecule has 140 valence electrons. The third kappa shape index (κ3) is 3.10. The molecule has 1 aromatic heterocycles. The lowest BCUT2D eigenvalue weighted by Crippen LogP contribution is -2.45. The van der Waals surface area contributed by atoms with E-state index in [-0.39, 0.29) is 0 Å². The fourth-order valence-corrected chi connectivity index (χ4v) is 5.60. The van der Waals surface area contributed by atoms with Crippen molar-refractivity contribution >= 4 is 10.0 Å². The molecule has 0 saturated carbocycles. The Kier molecular flexibility index (Phi) is 4.43. The lowest BCUT2D eigenvalue weighted by Gasteiger charge is -2.30. The van der Waals surface area contributed by atoms with Crippen LogP contribution in [-0.2, 0) is 0 Å². The topological polar surface area (TPSA) is 3.88 Å². The minimum atomic E-state index is -0.786. The molecule has 0 radical (unpaired) electrons. The van der Waals surface area contributed by atoms with E-state index in [0.717, 1.165) is 0 Å². The fraction of sp³-hybridized carbons (Fsp3) is 0.320. The average molecular weight is 377 g/mol. The zero-order valence-electron chi connectivity index (χ0n) is 17.3. The number of fused-ring (bicyclic) bond motifs is 3. The van der Waals surface area contributed by atoms with E-state index in [1.165, 1.54) is 38.4 Å². The van der Waals surface area contributed by atoms with Crippen molar-refractivity contribution in [2.24, 2.45) is 0 Å². The lowest BCUT2D eigenvalue weighted by atomic mass is 9.83. The van der Waals surface area contributed by atoms with Gasteiger partial charge >= 0.3 is 0 Å². The van der Waals surface area contributed by atoms with Gasteiger partial charge in [-0.1, -0.05) is 31.2 Å². The third-order valence-electron chi connectivity index (χ3n) is 5.98. The molecule has 0 spiro atoms. The SMILES string of the molecule is Cc1cc[n+]2c(c1)-c1ccc(-c3ccccc3S(C)(C)C)cc1C(C)C2C. The average Bonchev–Trinajstić information content (AvgIpc) is 2.65. The summed E-state index contributed by atoms with van der Waals surface area (Å²) in [5.41, 5.74) is 8.27. The van der Waals surface area contributed by atoms with Crippen LogP contribution in [0.3, 0.4) is 0 Å². The van der Waals surface area contributed by atoms with Gasteiger partial charge in [0, 0.05) is 23.6 Å². The zero-order chi connectivity index (χ0) is 19.3. The Hall–Kier alpha value is -2.06. The number of pyridine rings is 1. The number of hydrogen-bond donors (Lipinski definition) is 0. The molecule has 2 heterocycles. The van der Waals surface area contributed by atoms with E-state index in [1.807, 2.05) is 0 Å². The number of nitrogens with zero attached hydrogens (tertiary/aromatic N) is 1. The van der Waals surface area contributed by atoms with Gasteiger partial charge in [0.2, 0.25) is 5.69 Å². The van der Waals surface area contributed by atoms with Crippen molar-refractivity contribution in [3.8, 4) is 22.4 Å². The zero-order valence-corrected chi connectivity index (χ0v) is 18.1. The molecule has 2 unspecified atom stereocenters. The van der Waals surface area contributed by atoms with Gasteiger partial charge in [-0.15, -0.1) is 0 Å². The van der Waals surface area contributed by atoms with Crippen molar-refractivity contribution in [2.75, 3.05) is 18.8 Å². The van der Waals surface area contributed by atoms with E-state index in [4.69, 9.17) is 0 Å². The lowest BCUT2D eigenvalue weighted by molar-refractivity contribution is -0.714. The summed E-state index contributed by atoms with van der Waals surface area (Å²) in [6.45, 7) is 6.89. The Morgan fingerprint density at radius 3 is 2.33 bits per heavy atom. The van der Waals surface area contributed by atoms with Crippen LogP contribution in [0.5, 0.6) is 0 Å². The standard InChI is InChI=1S/C25H30NS/c1-17-13-14-26-19(3)18(2)23-16-20(11-12-22(23)24(26)15-17)21-9-7-8-10-25(21)27(4,5)6/h7-16,18-19H,1-6H3/q+1. The van der Waals surface area contributed by atoms with Crippen LogP contribution >= 0.6 is 10.0 Å². The maximum atomic E-state index is 2.45. The number of aryl methyl sites for hydroxylation is 1. The molecule has 1 aliphatic rings. The fourth-order valence-electron chi connectivity index (χ4n) is 4.27. The Bertz CT molecular complexity index is 1010. The molecule has 27 heavy (non-hydrogen) atoms. The van der Waals surface area contributed by atoms with Crippen molar-refractivity contribution in [1.29, 1.82) is 0 Å². The molecule has 3 aromatic rings. The Balaban J connectivity index is 1.92. The Morgan fingerprint density at radius 2 is 1.59 bits per heavy atom. The van der Waals surface area contributed by atoms with Crippen LogP contribution in [0.1, 0.15) is 36.9 Å². The first kappa shape index (κ1) is 18.3. The second kappa shape index (κ2) is 6.53. The van der Waals surface area contributed by atoms with Gasteiger partial charge in [0.25, 0.3) is 0 Å². The van der Waals surface area contributed by atoms with Crippen LogP contribution in [-0.4, -0.2) is 18.8 Å². The van der Waals surface area contributed by atoms with Gasteiger partial charge in [0.05, 0.1) is 0 Å². The summed E-state index contributed by atoms with van der Waals surface area (Å²) in [5, 5.41) is 0. The number of hydrogen-bond acceptors (Lipinski definition) is 0. The molecular weight excluding hydrogens is 346 g/mol. The van der Waals surface area contributed by atoms with E-state index < -0.39 is 10.0 Å². The second-order valence-corrected chi connectivity index (χ2v) is 12.8. The first-order chi connectivity index (χ1) is 12.8. The van der Waals surface area contributed by atoms with Crippen LogP contribution in [0.4, 0.5) is 0 Å². The molecular formula is C25H30NS+. The molecule has 4 rings (SSSR count). The van der Waals surface area contributed by atoms with Gasteiger partial charge in [-0.3, -0.25) is 0 Å². The summed E-state index contributed by atoms with van der Waals surface area (Å²) >= 11 is 0. The van der Waals surface area contributed by atoms with Gasteiger partial charge in [0.15, 0.2) is 12.2 Å². The highest BCUT2D eigenvalue weighted by Gasteiger charge is 2.34. The maximum absolute atomic E-state index is 2.45. The van der Waals surface area contributed by atoms with E-state index in [2.05, 4.69) is 105 Å². The van der Waals surface area contributed by atoms with Gasteiger partial charge in [-0.25, -0.2) is 10.0 Å². The number of aromatic nitrogens is 1. The Labute approximate surface area is 165 Å². The van der Waals surface area contributed by atoms with Crippen molar-refractivity contribution < 1.29 is 4.57 Å². The molecule has 0 bridgehead atoms. The maximum Gasteiger partial charge on any atom is 0.213 e. The minimum Gasteiger partial charge on any atom is -0.223 e. The first-order valence-corrected chi connectivity index (χ1v) is 12.6. The van der Waals surface area contributed by atoms with Gasteiger partial charge in [-0.2, -0.15) is 4.57 Å². The van der Waals surface area contributed by atoms with Crippen LogP contribution in [0.2, 0.25) is 0 Å². The molecule has 0 fully saturated rings. The predicted octanol–water partition coefficient (Wildman–Crippen LogP) is 6.35. The van der Waals surface area contributed by atoms with Crippen molar-refractivity contribution in [2.45, 2.75) is 37.6 Å². The monoisotopic (exact) mass is 376 g/mol. The molecule has 2 atom stereocenters. The van der Waals surface area contributed by atoms with Crippen LogP contribution in [0.15, 0.2) is 65.7 Å². The number of benzene rings is 2. The molecule has 0 N–H and O–H groups in total. The van der Waals surface area contributed by atoms with E-state index in [9.17, 15) is 0 Å². The molecule has 1 aliphatic heterocycles. The summed E-state index contributed by atoms with van der Waals surface area (Å²) in [5.74, 6) is 0.495. The highest BCUT2D eigenvalue weighted by molar-refractivity contribution is 8.32. The van der Waals surface area contributed by atoms with Crippen LogP contribution in [0.25, 0.3) is 22.4 Å². The molecule has 0 aliphatic carbocycles. The molecule has 0 amide bonds. The van der Waals surface area contributed by atoms with Crippen LogP contribution < -0.4 is 4.57 Å². The summed E-state index contributed by atoms with van der Waals surface area (Å²) in [7, 11) is -0.786. The number of rotatable bonds is 2. The van der Waals surface area contributed by atoms with Gasteiger partial charge in [-0.05, 0) is 78.0 Å². The quantitative estimate of drug-likeness (QED) is 0.459. The van der Waals surface area contributed by atoms with Crippen LogP contribution in [0, 0.1) is 6.92 Å². The smallest absolute Gasteiger partial charge is 0.213 e. The van der Waals surface area contributed by atoms with E-state index in [1.54, 1.807) is 0 Å². The van der Waals surface area contributed by atoms with E-state index in [0.29, 0.717) is 12.0 Å². The van der Waals surface area contributed by atoms with E-state index >= 15 is 0 Å². The van der Waals surface area contributed by atoms with Gasteiger partial charge in [0.1, 0.15) is 0 Å². The summed E-state index contributed by atoms with van der Waals surface area (Å²) < 4.78 is 2.44. The Morgan fingerprint density at radius 1 is 0.852 bits per heavy atom. The highest BCUT2D eigenvalue weighted by Crippen LogP contribution is 2.50. The molecule has 1 nitrogen and oxygen atoms in total. The summed E-state index contributed by atoms with van der Waals surface area (Å²) in [4.78, 5) is 1.49. The third-order valence-corrected chi connectivity index (χ3v) is 7.65. The van der Waals surface area contributed by atoms with Crippen molar-refractivity contribution in [3.63, 3.8) is 0 Å². The minimum absolute atomic E-state index is 0.465. The second-order valence-electron chi connectivity index (χ2n) is 8.66. The molecule has 0 saturated heterocycles. The predicted molar refractivity (Wildman–Crippen MR) is 119 cm³/mol. The summed E-state index contributed by atoms with van der Waals surface area (Å²) in [6, 6.07) is 21.1. The van der Waals surface area contributed by atoms with Crippen molar-refractivity contribution in [3.05, 3.63) is 71.9 Å². The highest BCUT2D eigenvalue weighted by atomic mass is 32.3. The first-order valence-electron chi connectivity index (χ1n) is 9.71. The van der Waals surface area contributed by atoms with Crippen molar-refractivity contribution in [1.82, 2.24) is 0 Å². The molecule has 2 heteroatoms. The normalized spacial score (nSPS) is 19.3. The van der Waals surface area contributed by atoms with Gasteiger partial charge < -0.3 is 0 Å². The largest absolute Gasteiger partial charge is 0.223 e. The molecule has 2 aromatic carbocycles.